The molecule has 3 rings (SSSR count). The van der Waals surface area contributed by atoms with Crippen molar-refractivity contribution in [2.75, 3.05) is 11.9 Å². The molecule has 0 fully saturated rings. The topological polar surface area (TPSA) is 78.5 Å². The predicted octanol–water partition coefficient (Wildman–Crippen LogP) is 2.81. The molecule has 0 aromatic heterocycles. The minimum atomic E-state index is -4.61. The van der Waals surface area contributed by atoms with Gasteiger partial charge in [0.05, 0.1) is 22.4 Å². The molecule has 10 heteroatoms. The van der Waals surface area contributed by atoms with E-state index >= 15 is 0 Å². The third-order valence-electron chi connectivity index (χ3n) is 3.91. The van der Waals surface area contributed by atoms with Crippen molar-refractivity contribution >= 4 is 40.7 Å². The van der Waals surface area contributed by atoms with Gasteiger partial charge in [-0.1, -0.05) is 24.3 Å². The number of hydrogen-bond acceptors (Lipinski definition) is 4. The average Bonchev–Trinajstić information content (AvgIpc) is 2.86. The van der Waals surface area contributed by atoms with Crippen LogP contribution in [-0.2, 0) is 11.0 Å². The van der Waals surface area contributed by atoms with Gasteiger partial charge in [-0.15, -0.1) is 0 Å². The second kappa shape index (κ2) is 7.39. The summed E-state index contributed by atoms with van der Waals surface area (Å²) >= 11 is 4.87. The Kier molecular flexibility index (Phi) is 5.14. The van der Waals surface area contributed by atoms with Crippen molar-refractivity contribution in [3.63, 3.8) is 0 Å². The lowest BCUT2D eigenvalue weighted by Crippen LogP contribution is -2.43. The monoisotopic (exact) mass is 407 g/mol. The smallest absolute Gasteiger partial charge is 0.332 e. The summed E-state index contributed by atoms with van der Waals surface area (Å²) in [5.74, 6) is -2.08. The average molecular weight is 407 g/mol. The Balaban J connectivity index is 1.65. The first-order valence-corrected chi connectivity index (χ1v) is 8.31. The first kappa shape index (κ1) is 19.5. The van der Waals surface area contributed by atoms with Crippen molar-refractivity contribution in [1.82, 2.24) is 10.2 Å². The SMILES string of the molecule is O=C(CN1C(=O)c2ccccc2C1=O)NC(=S)Nc1ccccc1C(F)(F)F. The van der Waals surface area contributed by atoms with Crippen LogP contribution in [0.3, 0.4) is 0 Å². The van der Waals surface area contributed by atoms with Crippen LogP contribution in [0.5, 0.6) is 0 Å². The van der Waals surface area contributed by atoms with Gasteiger partial charge < -0.3 is 10.6 Å². The van der Waals surface area contributed by atoms with Gasteiger partial charge >= 0.3 is 6.18 Å². The molecule has 2 aromatic carbocycles. The van der Waals surface area contributed by atoms with Crippen molar-refractivity contribution in [3.05, 3.63) is 65.2 Å². The van der Waals surface area contributed by atoms with E-state index in [4.69, 9.17) is 12.2 Å². The lowest BCUT2D eigenvalue weighted by Gasteiger charge is -2.17. The maximum Gasteiger partial charge on any atom is 0.418 e. The van der Waals surface area contributed by atoms with Crippen molar-refractivity contribution < 1.29 is 27.6 Å². The number of amides is 3. The molecule has 2 N–H and O–H groups in total. The number of alkyl halides is 3. The summed E-state index contributed by atoms with van der Waals surface area (Å²) in [5, 5.41) is 4.08. The van der Waals surface area contributed by atoms with Gasteiger partial charge in [-0.25, -0.2) is 0 Å². The van der Waals surface area contributed by atoms with Gasteiger partial charge in [-0.3, -0.25) is 19.3 Å². The molecule has 0 aliphatic carbocycles. The summed E-state index contributed by atoms with van der Waals surface area (Å²) in [7, 11) is 0. The Morgan fingerprint density at radius 3 is 2.07 bits per heavy atom. The van der Waals surface area contributed by atoms with Crippen molar-refractivity contribution in [1.29, 1.82) is 0 Å². The first-order valence-electron chi connectivity index (χ1n) is 7.91. The normalized spacial score (nSPS) is 13.3. The van der Waals surface area contributed by atoms with Crippen molar-refractivity contribution in [3.8, 4) is 0 Å². The van der Waals surface area contributed by atoms with E-state index in [1.54, 1.807) is 12.1 Å². The standard InChI is InChI=1S/C18H12F3N3O3S/c19-18(20,21)12-7-3-4-8-13(12)22-17(28)23-14(25)9-24-15(26)10-5-1-2-6-11(10)16(24)27/h1-8H,9H2,(H2,22,23,25,28). The van der Waals surface area contributed by atoms with E-state index in [1.807, 2.05) is 0 Å². The number of nitrogens with one attached hydrogen (secondary N) is 2. The highest BCUT2D eigenvalue weighted by Gasteiger charge is 2.36. The third kappa shape index (κ3) is 3.86. The number of para-hydroxylation sites is 1. The molecule has 0 spiro atoms. The maximum atomic E-state index is 13.0. The molecule has 0 radical (unpaired) electrons. The molecule has 1 aliphatic heterocycles. The number of imide groups is 1. The molecule has 0 unspecified atom stereocenters. The van der Waals surface area contributed by atoms with Crippen LogP contribution in [0.2, 0.25) is 0 Å². The molecule has 0 atom stereocenters. The van der Waals surface area contributed by atoms with E-state index in [1.165, 1.54) is 24.3 Å². The van der Waals surface area contributed by atoms with Crippen LogP contribution in [0.4, 0.5) is 18.9 Å². The van der Waals surface area contributed by atoms with E-state index in [0.717, 1.165) is 17.0 Å². The highest BCUT2D eigenvalue weighted by atomic mass is 32.1. The number of anilines is 1. The number of benzene rings is 2. The first-order chi connectivity index (χ1) is 13.2. The second-order valence-corrected chi connectivity index (χ2v) is 6.20. The molecule has 144 valence electrons. The molecular formula is C18H12F3N3O3S. The zero-order chi connectivity index (χ0) is 20.5. The minimum absolute atomic E-state index is 0.181. The van der Waals surface area contributed by atoms with E-state index < -0.39 is 41.1 Å². The summed E-state index contributed by atoms with van der Waals surface area (Å²) in [6.07, 6.45) is -4.61. The molecule has 1 aliphatic rings. The molecule has 6 nitrogen and oxygen atoms in total. The van der Waals surface area contributed by atoms with E-state index in [9.17, 15) is 27.6 Å². The van der Waals surface area contributed by atoms with E-state index in [-0.39, 0.29) is 16.8 Å². The van der Waals surface area contributed by atoms with Gasteiger partial charge in [0.15, 0.2) is 5.11 Å². The molecule has 0 saturated carbocycles. The Morgan fingerprint density at radius 2 is 1.50 bits per heavy atom. The zero-order valence-electron chi connectivity index (χ0n) is 14.0. The molecule has 0 saturated heterocycles. The molecule has 28 heavy (non-hydrogen) atoms. The van der Waals surface area contributed by atoms with Gasteiger partial charge in [-0.2, -0.15) is 13.2 Å². The fraction of sp³-hybridized carbons (Fsp3) is 0.111. The van der Waals surface area contributed by atoms with Crippen LogP contribution >= 0.6 is 12.2 Å². The van der Waals surface area contributed by atoms with Gasteiger partial charge in [0.1, 0.15) is 6.54 Å². The van der Waals surface area contributed by atoms with Crippen molar-refractivity contribution in [2.45, 2.75) is 6.18 Å². The summed E-state index contributed by atoms with van der Waals surface area (Å²) in [6, 6.07) is 10.7. The number of carbonyl (C=O) groups excluding carboxylic acids is 3. The minimum Gasteiger partial charge on any atom is -0.332 e. The Bertz CT molecular complexity index is 956. The number of hydrogen-bond donors (Lipinski definition) is 2. The lowest BCUT2D eigenvalue weighted by atomic mass is 10.1. The molecular weight excluding hydrogens is 395 g/mol. The fourth-order valence-corrected chi connectivity index (χ4v) is 2.91. The number of rotatable bonds is 3. The summed E-state index contributed by atoms with van der Waals surface area (Å²) in [6.45, 7) is -0.616. The number of thiocarbonyl (C=S) groups is 1. The van der Waals surface area contributed by atoms with Gasteiger partial charge in [-0.05, 0) is 36.5 Å². The number of carbonyl (C=O) groups is 3. The zero-order valence-corrected chi connectivity index (χ0v) is 14.9. The Labute approximate surface area is 162 Å². The summed E-state index contributed by atoms with van der Waals surface area (Å²) < 4.78 is 39.0. The highest BCUT2D eigenvalue weighted by Crippen LogP contribution is 2.34. The number of halogens is 3. The Morgan fingerprint density at radius 1 is 0.964 bits per heavy atom. The predicted molar refractivity (Wildman–Crippen MR) is 97.6 cm³/mol. The van der Waals surface area contributed by atoms with E-state index in [0.29, 0.717) is 0 Å². The van der Waals surface area contributed by atoms with Crippen LogP contribution in [0.15, 0.2) is 48.5 Å². The molecule has 0 bridgehead atoms. The van der Waals surface area contributed by atoms with E-state index in [2.05, 4.69) is 10.6 Å². The summed E-state index contributed by atoms with van der Waals surface area (Å²) in [5.41, 5.74) is -0.923. The van der Waals surface area contributed by atoms with Gasteiger partial charge in [0.2, 0.25) is 5.91 Å². The fourth-order valence-electron chi connectivity index (χ4n) is 2.69. The Hall–Kier alpha value is -3.27. The van der Waals surface area contributed by atoms with Crippen molar-refractivity contribution in [2.24, 2.45) is 0 Å². The van der Waals surface area contributed by atoms with Crippen LogP contribution in [0.1, 0.15) is 26.3 Å². The number of nitrogens with zero attached hydrogens (tertiary/aromatic N) is 1. The van der Waals surface area contributed by atoms with Crippen LogP contribution in [0, 0.1) is 0 Å². The van der Waals surface area contributed by atoms with Gasteiger partial charge in [0, 0.05) is 0 Å². The largest absolute Gasteiger partial charge is 0.418 e. The maximum absolute atomic E-state index is 13.0. The quantitative estimate of drug-likeness (QED) is 0.604. The van der Waals surface area contributed by atoms with Crippen LogP contribution in [0.25, 0.3) is 0 Å². The third-order valence-corrected chi connectivity index (χ3v) is 4.12. The van der Waals surface area contributed by atoms with Crippen LogP contribution < -0.4 is 10.6 Å². The summed E-state index contributed by atoms with van der Waals surface area (Å²) in [4.78, 5) is 37.3. The molecule has 1 heterocycles. The lowest BCUT2D eigenvalue weighted by molar-refractivity contribution is -0.136. The van der Waals surface area contributed by atoms with Crippen LogP contribution in [-0.4, -0.2) is 34.3 Å². The molecule has 3 amide bonds. The second-order valence-electron chi connectivity index (χ2n) is 5.79. The number of fused-ring (bicyclic) bond motifs is 1. The van der Waals surface area contributed by atoms with Gasteiger partial charge in [0.25, 0.3) is 11.8 Å². The molecule has 2 aromatic rings. The highest BCUT2D eigenvalue weighted by molar-refractivity contribution is 7.80.